The predicted molar refractivity (Wildman–Crippen MR) is 158 cm³/mol. The van der Waals surface area contributed by atoms with E-state index in [0.29, 0.717) is 5.92 Å². The molecule has 0 saturated heterocycles. The Morgan fingerprint density at radius 1 is 0.605 bits per heavy atom. The molecule has 0 aliphatic rings. The van der Waals surface area contributed by atoms with Crippen molar-refractivity contribution in [1.29, 1.82) is 0 Å². The van der Waals surface area contributed by atoms with Gasteiger partial charge < -0.3 is 0 Å². The topological polar surface area (TPSA) is 17.6 Å². The summed E-state index contributed by atoms with van der Waals surface area (Å²) in [4.78, 5) is 0. The molecular weight excluding hydrogens is 464 g/mol. The van der Waals surface area contributed by atoms with Crippen LogP contribution in [0.25, 0.3) is 0 Å². The quantitative estimate of drug-likeness (QED) is 0.210. The molecule has 2 heterocycles. The standard InChI is InChI=1S/2C17H25N2/c1-5-18-10-11-19(15(18)4)13-17-8-6-16(7-9-17)12-14(2)3;1-5-18-10-11-19(15(18)4)13-17-9-7-6-8-16(17)12-14(2)3/h2*6-11,14H,5,12-13H2,1-4H3/q2*+1. The number of imidazole rings is 2. The second-order valence-corrected chi connectivity index (χ2v) is 11.3. The fraction of sp³-hybridized carbons (Fsp3) is 0.471. The molecule has 0 aliphatic heterocycles. The van der Waals surface area contributed by atoms with E-state index < -0.39 is 0 Å². The number of rotatable bonds is 10. The van der Waals surface area contributed by atoms with Crippen molar-refractivity contribution >= 4 is 0 Å². The molecule has 0 saturated carbocycles. The number of aromatic nitrogens is 4. The maximum Gasteiger partial charge on any atom is 0.253 e. The van der Waals surface area contributed by atoms with Crippen molar-refractivity contribution in [1.82, 2.24) is 9.13 Å². The SMILES string of the molecule is CCn1cc[n+](Cc2ccc(CC(C)C)cc2)c1C.CCn1cc[n+](Cc2ccccc2CC(C)C)c1C. The smallest absolute Gasteiger partial charge is 0.235 e. The lowest BCUT2D eigenvalue weighted by Crippen LogP contribution is -2.36. The fourth-order valence-electron chi connectivity index (χ4n) is 5.07. The van der Waals surface area contributed by atoms with Crippen molar-refractivity contribution < 1.29 is 9.13 Å². The number of hydrogen-bond acceptors (Lipinski definition) is 0. The lowest BCUT2D eigenvalue weighted by molar-refractivity contribution is -0.694. The largest absolute Gasteiger partial charge is 0.253 e. The molecular formula is C34H50N4+2. The van der Waals surface area contributed by atoms with Crippen molar-refractivity contribution in [2.45, 2.75) is 94.4 Å². The highest BCUT2D eigenvalue weighted by Gasteiger charge is 2.13. The van der Waals surface area contributed by atoms with Gasteiger partial charge in [-0.15, -0.1) is 0 Å². The van der Waals surface area contributed by atoms with Crippen molar-refractivity contribution in [3.63, 3.8) is 0 Å². The molecule has 0 aliphatic carbocycles. The van der Waals surface area contributed by atoms with E-state index in [9.17, 15) is 0 Å². The minimum Gasteiger partial charge on any atom is -0.235 e. The summed E-state index contributed by atoms with van der Waals surface area (Å²) in [6.45, 7) is 21.8. The monoisotopic (exact) mass is 514 g/mol. The van der Waals surface area contributed by atoms with Crippen LogP contribution in [0.3, 0.4) is 0 Å². The van der Waals surface area contributed by atoms with E-state index in [2.05, 4.69) is 147 Å². The summed E-state index contributed by atoms with van der Waals surface area (Å²) >= 11 is 0. The molecule has 0 radical (unpaired) electrons. The Balaban J connectivity index is 0.000000211. The Hall–Kier alpha value is -3.14. The van der Waals surface area contributed by atoms with E-state index in [1.165, 1.54) is 40.3 Å². The normalized spacial score (nSPS) is 11.2. The maximum atomic E-state index is 2.34. The van der Waals surface area contributed by atoms with Crippen LogP contribution >= 0.6 is 0 Å². The van der Waals surface area contributed by atoms with Gasteiger partial charge in [-0.2, -0.15) is 0 Å². The van der Waals surface area contributed by atoms with E-state index in [-0.39, 0.29) is 0 Å². The van der Waals surface area contributed by atoms with Crippen molar-refractivity contribution in [3.8, 4) is 0 Å². The Bertz CT molecular complexity index is 1260. The molecule has 0 amide bonds. The van der Waals surface area contributed by atoms with Gasteiger partial charge in [0, 0.05) is 13.8 Å². The third-order valence-electron chi connectivity index (χ3n) is 7.30. The number of aryl methyl sites for hydroxylation is 2. The Morgan fingerprint density at radius 2 is 1.08 bits per heavy atom. The minimum atomic E-state index is 0.701. The first kappa shape index (κ1) is 29.4. The highest BCUT2D eigenvalue weighted by Crippen LogP contribution is 2.14. The zero-order valence-electron chi connectivity index (χ0n) is 25.1. The van der Waals surface area contributed by atoms with Crippen molar-refractivity contribution in [3.05, 3.63) is 107 Å². The zero-order valence-corrected chi connectivity index (χ0v) is 25.1. The van der Waals surface area contributed by atoms with Gasteiger partial charge >= 0.3 is 0 Å². The molecule has 0 bridgehead atoms. The molecule has 0 spiro atoms. The highest BCUT2D eigenvalue weighted by molar-refractivity contribution is 5.26. The number of benzene rings is 2. The molecule has 4 rings (SSSR count). The van der Waals surface area contributed by atoms with E-state index in [1.807, 2.05) is 0 Å². The first-order valence-corrected chi connectivity index (χ1v) is 14.5. The van der Waals surface area contributed by atoms with Gasteiger partial charge in [-0.05, 0) is 60.8 Å². The first-order chi connectivity index (χ1) is 18.2. The van der Waals surface area contributed by atoms with E-state index in [4.69, 9.17) is 0 Å². The molecule has 2 aromatic heterocycles. The van der Waals surface area contributed by atoms with Crippen LogP contribution in [0.1, 0.15) is 75.4 Å². The summed E-state index contributed by atoms with van der Waals surface area (Å²) in [5.41, 5.74) is 5.73. The van der Waals surface area contributed by atoms with Gasteiger partial charge in [-0.3, -0.25) is 0 Å². The average molecular weight is 515 g/mol. The summed E-state index contributed by atoms with van der Waals surface area (Å²) in [7, 11) is 0. The molecule has 38 heavy (non-hydrogen) atoms. The van der Waals surface area contributed by atoms with Gasteiger partial charge in [0.05, 0.1) is 13.1 Å². The van der Waals surface area contributed by atoms with Crippen LogP contribution in [0.5, 0.6) is 0 Å². The molecule has 4 heteroatoms. The summed E-state index contributed by atoms with van der Waals surface area (Å²) < 4.78 is 9.20. The molecule has 0 unspecified atom stereocenters. The minimum absolute atomic E-state index is 0.701. The van der Waals surface area contributed by atoms with Gasteiger partial charge in [0.2, 0.25) is 0 Å². The predicted octanol–water partition coefficient (Wildman–Crippen LogP) is 6.70. The summed E-state index contributed by atoms with van der Waals surface area (Å²) in [6, 6.07) is 17.9. The molecule has 0 N–H and O–H groups in total. The van der Waals surface area contributed by atoms with Gasteiger partial charge in [0.25, 0.3) is 11.6 Å². The van der Waals surface area contributed by atoms with Crippen molar-refractivity contribution in [2.75, 3.05) is 0 Å². The second kappa shape index (κ2) is 14.1. The molecule has 4 nitrogen and oxygen atoms in total. The van der Waals surface area contributed by atoms with Crippen LogP contribution < -0.4 is 9.13 Å². The molecule has 2 aromatic carbocycles. The summed E-state index contributed by atoms with van der Waals surface area (Å²) in [5.74, 6) is 4.06. The van der Waals surface area contributed by atoms with Crippen LogP contribution in [0.15, 0.2) is 73.3 Å². The molecule has 4 aromatic rings. The lowest BCUT2D eigenvalue weighted by Gasteiger charge is -2.10. The molecule has 204 valence electrons. The van der Waals surface area contributed by atoms with E-state index >= 15 is 0 Å². The molecule has 0 fully saturated rings. The van der Waals surface area contributed by atoms with Crippen LogP contribution in [0.2, 0.25) is 0 Å². The highest BCUT2D eigenvalue weighted by atomic mass is 15.1. The number of hydrogen-bond donors (Lipinski definition) is 0. The van der Waals surface area contributed by atoms with Gasteiger partial charge in [0.1, 0.15) is 37.9 Å². The lowest BCUT2D eigenvalue weighted by atomic mass is 9.98. The summed E-state index contributed by atoms with van der Waals surface area (Å²) in [6.07, 6.45) is 11.0. The third kappa shape index (κ3) is 8.18. The van der Waals surface area contributed by atoms with Crippen LogP contribution in [0.4, 0.5) is 0 Å². The average Bonchev–Trinajstić information content (AvgIpc) is 3.42. The van der Waals surface area contributed by atoms with Crippen LogP contribution in [0, 0.1) is 25.7 Å². The maximum absolute atomic E-state index is 2.34. The first-order valence-electron chi connectivity index (χ1n) is 14.5. The van der Waals surface area contributed by atoms with Crippen LogP contribution in [-0.4, -0.2) is 9.13 Å². The second-order valence-electron chi connectivity index (χ2n) is 11.3. The Kier molecular flexibility index (Phi) is 10.9. The Labute approximate surface area is 231 Å². The summed E-state index contributed by atoms with van der Waals surface area (Å²) in [5, 5.41) is 0. The van der Waals surface area contributed by atoms with Gasteiger partial charge in [0.15, 0.2) is 0 Å². The van der Waals surface area contributed by atoms with Gasteiger partial charge in [-0.25, -0.2) is 18.3 Å². The molecule has 0 atom stereocenters. The van der Waals surface area contributed by atoms with E-state index in [1.54, 1.807) is 0 Å². The van der Waals surface area contributed by atoms with Gasteiger partial charge in [-0.1, -0.05) is 76.2 Å². The number of nitrogens with zero attached hydrogens (tertiary/aromatic N) is 4. The zero-order chi connectivity index (χ0) is 27.7. The van der Waals surface area contributed by atoms with Crippen LogP contribution in [-0.2, 0) is 39.0 Å². The third-order valence-corrected chi connectivity index (χ3v) is 7.30. The Morgan fingerprint density at radius 3 is 1.55 bits per heavy atom. The van der Waals surface area contributed by atoms with Crippen molar-refractivity contribution in [2.24, 2.45) is 11.8 Å². The fourth-order valence-corrected chi connectivity index (χ4v) is 5.07. The van der Waals surface area contributed by atoms with E-state index in [0.717, 1.165) is 38.5 Å².